The summed E-state index contributed by atoms with van der Waals surface area (Å²) in [6.45, 7) is 1.64. The number of nitrogen functional groups attached to an aromatic ring is 1. The van der Waals surface area contributed by atoms with Crippen molar-refractivity contribution < 1.29 is 0 Å². The molecule has 3 N–H and O–H groups in total. The minimum absolute atomic E-state index is 0.0718. The number of aliphatic imine (C=N–C) groups is 1. The van der Waals surface area contributed by atoms with Gasteiger partial charge in [0.2, 0.25) is 0 Å². The van der Waals surface area contributed by atoms with Crippen LogP contribution in [0.5, 0.6) is 0 Å². The molecule has 0 saturated carbocycles. The van der Waals surface area contributed by atoms with Gasteiger partial charge in [-0.2, -0.15) is 26.3 Å². The Morgan fingerprint density at radius 2 is 1.50 bits per heavy atom. The minimum Gasteiger partial charge on any atom is -0.381 e. The Labute approximate surface area is 169 Å². The molecule has 1 aliphatic carbocycles. The fourth-order valence-corrected chi connectivity index (χ4v) is 3.54. The van der Waals surface area contributed by atoms with Gasteiger partial charge >= 0.3 is 0 Å². The van der Waals surface area contributed by atoms with Gasteiger partial charge in [-0.05, 0) is 6.92 Å². The first-order valence-corrected chi connectivity index (χ1v) is 8.37. The Morgan fingerprint density at radius 1 is 0.867 bits per heavy atom. The van der Waals surface area contributed by atoms with Gasteiger partial charge in [0.15, 0.2) is 22.9 Å². The molecule has 12 nitrogen and oxygen atoms in total. The zero-order valence-electron chi connectivity index (χ0n) is 15.2. The topological polar surface area (TPSA) is 221 Å². The number of anilines is 1. The second-order valence-electron chi connectivity index (χ2n) is 6.56. The largest absolute Gasteiger partial charge is 0.381 e. The first kappa shape index (κ1) is 18.4. The molecule has 0 amide bonds. The molecule has 3 heterocycles. The smallest absolute Gasteiger partial charge is 0.183 e. The molecule has 0 bridgehead atoms. The number of nitrogens with one attached hydrogen (secondary N) is 1. The number of fused-ring (bicyclic) bond motifs is 6. The summed E-state index contributed by atoms with van der Waals surface area (Å²) in [6.07, 6.45) is 0. The maximum absolute atomic E-state index is 9.45. The summed E-state index contributed by atoms with van der Waals surface area (Å²) in [5.41, 5.74) is 4.54. The van der Waals surface area contributed by atoms with Gasteiger partial charge in [0.05, 0.1) is 17.8 Å². The van der Waals surface area contributed by atoms with Crippen LogP contribution in [0.3, 0.4) is 0 Å². The van der Waals surface area contributed by atoms with Crippen LogP contribution in [0, 0.1) is 56.7 Å². The highest BCUT2D eigenvalue weighted by molar-refractivity contribution is 6.05. The number of hydrogen-bond donors (Lipinski definition) is 2. The Bertz CT molecular complexity index is 1370. The van der Waals surface area contributed by atoms with Gasteiger partial charge in [0.1, 0.15) is 58.7 Å². The molecule has 0 fully saturated rings. The number of nitriles is 5. The van der Waals surface area contributed by atoms with Crippen molar-refractivity contribution in [1.82, 2.24) is 25.3 Å². The third kappa shape index (κ3) is 2.28. The predicted molar refractivity (Wildman–Crippen MR) is 97.3 cm³/mol. The average molecular weight is 392 g/mol. The van der Waals surface area contributed by atoms with E-state index in [0.717, 1.165) is 0 Å². The molecule has 2 aromatic rings. The van der Waals surface area contributed by atoms with Crippen molar-refractivity contribution in [3.8, 4) is 41.7 Å². The summed E-state index contributed by atoms with van der Waals surface area (Å²) in [6, 6.07) is 7.46. The quantitative estimate of drug-likeness (QED) is 0.600. The molecule has 0 spiro atoms. The summed E-state index contributed by atoms with van der Waals surface area (Å²) in [5, 5.41) is 49.9. The molecule has 0 radical (unpaired) electrons. The van der Waals surface area contributed by atoms with E-state index in [9.17, 15) is 26.3 Å². The van der Waals surface area contributed by atoms with Crippen LogP contribution in [0.25, 0.3) is 11.4 Å². The van der Waals surface area contributed by atoms with Crippen molar-refractivity contribution in [2.24, 2.45) is 4.99 Å². The van der Waals surface area contributed by atoms with Gasteiger partial charge < -0.3 is 5.73 Å². The van der Waals surface area contributed by atoms with Gasteiger partial charge in [0, 0.05) is 0 Å². The SMILES string of the molecule is CC12N=C(C#N)C(C#N)NC1c1nc(C#N)c(C#N)nc1-c1nc(C#N)c(N)nc12. The fourth-order valence-electron chi connectivity index (χ4n) is 3.54. The Hall–Kier alpha value is -4.96. The number of rotatable bonds is 0. The number of hydrogen-bond acceptors (Lipinski definition) is 12. The van der Waals surface area contributed by atoms with Crippen molar-refractivity contribution >= 4 is 11.5 Å². The summed E-state index contributed by atoms with van der Waals surface area (Å²) in [7, 11) is 0. The molecule has 140 valence electrons. The van der Waals surface area contributed by atoms with Crippen molar-refractivity contribution in [3.63, 3.8) is 0 Å². The molecular formula is C18H8N12. The summed E-state index contributed by atoms with van der Waals surface area (Å²) in [4.78, 5) is 21.5. The van der Waals surface area contributed by atoms with Gasteiger partial charge in [-0.3, -0.25) is 10.3 Å². The normalized spacial score (nSPS) is 23.0. The van der Waals surface area contributed by atoms with Crippen LogP contribution in [0.1, 0.15) is 41.4 Å². The first-order chi connectivity index (χ1) is 14.4. The van der Waals surface area contributed by atoms with Gasteiger partial charge in [-0.25, -0.2) is 19.9 Å². The molecule has 2 aromatic heterocycles. The third-order valence-electron chi connectivity index (χ3n) is 4.91. The average Bonchev–Trinajstić information content (AvgIpc) is 2.77. The molecule has 12 heteroatoms. The molecule has 4 rings (SSSR count). The van der Waals surface area contributed by atoms with Crippen LogP contribution in [-0.4, -0.2) is 31.7 Å². The van der Waals surface area contributed by atoms with Crippen LogP contribution in [-0.2, 0) is 5.54 Å². The number of nitrogens with zero attached hydrogens (tertiary/aromatic N) is 10. The Morgan fingerprint density at radius 3 is 2.10 bits per heavy atom. The van der Waals surface area contributed by atoms with Crippen LogP contribution < -0.4 is 11.1 Å². The molecule has 3 unspecified atom stereocenters. The van der Waals surface area contributed by atoms with E-state index in [0.29, 0.717) is 0 Å². The van der Waals surface area contributed by atoms with Gasteiger partial charge in [-0.15, -0.1) is 0 Å². The first-order valence-electron chi connectivity index (χ1n) is 8.37. The van der Waals surface area contributed by atoms with Crippen molar-refractivity contribution in [3.05, 3.63) is 28.5 Å². The van der Waals surface area contributed by atoms with Crippen LogP contribution in [0.4, 0.5) is 5.82 Å². The van der Waals surface area contributed by atoms with Crippen LogP contribution in [0.2, 0.25) is 0 Å². The predicted octanol–water partition coefficient (Wildman–Crippen LogP) is -0.139. The van der Waals surface area contributed by atoms with E-state index < -0.39 is 17.6 Å². The lowest BCUT2D eigenvalue weighted by molar-refractivity contribution is 0.297. The van der Waals surface area contributed by atoms with Crippen LogP contribution in [0.15, 0.2) is 4.99 Å². The molecule has 1 aliphatic heterocycles. The molecule has 0 saturated heterocycles. The lowest BCUT2D eigenvalue weighted by atomic mass is 9.77. The molecule has 30 heavy (non-hydrogen) atoms. The van der Waals surface area contributed by atoms with E-state index in [2.05, 4.69) is 30.2 Å². The summed E-state index contributed by atoms with van der Waals surface area (Å²) < 4.78 is 0. The Kier molecular flexibility index (Phi) is 3.86. The molecular weight excluding hydrogens is 384 g/mol. The molecule has 0 aromatic carbocycles. The van der Waals surface area contributed by atoms with E-state index in [1.54, 1.807) is 6.92 Å². The van der Waals surface area contributed by atoms with Crippen molar-refractivity contribution in [1.29, 1.82) is 26.3 Å². The van der Waals surface area contributed by atoms with Gasteiger partial charge in [-0.1, -0.05) is 0 Å². The number of aromatic nitrogens is 4. The van der Waals surface area contributed by atoms with E-state index in [1.165, 1.54) is 0 Å². The lowest BCUT2D eigenvalue weighted by Gasteiger charge is -2.42. The Balaban J connectivity index is 2.16. The van der Waals surface area contributed by atoms with Crippen molar-refractivity contribution in [2.45, 2.75) is 24.5 Å². The van der Waals surface area contributed by atoms with E-state index >= 15 is 0 Å². The summed E-state index contributed by atoms with van der Waals surface area (Å²) in [5.74, 6) is -0.141. The fraction of sp³-hybridized carbons (Fsp3) is 0.222. The highest BCUT2D eigenvalue weighted by atomic mass is 15.2. The van der Waals surface area contributed by atoms with Gasteiger partial charge in [0.25, 0.3) is 0 Å². The monoisotopic (exact) mass is 392 g/mol. The second-order valence-corrected chi connectivity index (χ2v) is 6.56. The maximum atomic E-state index is 9.45. The van der Waals surface area contributed by atoms with E-state index in [-0.39, 0.29) is 51.4 Å². The third-order valence-corrected chi connectivity index (χ3v) is 4.91. The maximum Gasteiger partial charge on any atom is 0.183 e. The molecule has 2 aliphatic rings. The van der Waals surface area contributed by atoms with E-state index in [1.807, 2.05) is 30.3 Å². The van der Waals surface area contributed by atoms with Crippen molar-refractivity contribution in [2.75, 3.05) is 5.73 Å². The standard InChI is InChI=1S/C18H8N12/c1-18-15(28-9(4-21)10(5-22)30-18)13-12(25-7(2-19)8(3-20)26-13)14-16(18)29-17(24)11(6-23)27-14/h9,15,28H,1H3,(H2,24,29). The minimum atomic E-state index is -1.29. The van der Waals surface area contributed by atoms with E-state index in [4.69, 9.17) is 5.73 Å². The highest BCUT2D eigenvalue weighted by Gasteiger charge is 2.52. The zero-order valence-corrected chi connectivity index (χ0v) is 15.2. The summed E-state index contributed by atoms with van der Waals surface area (Å²) >= 11 is 0. The second kappa shape index (κ2) is 6.29. The van der Waals surface area contributed by atoms with Crippen LogP contribution >= 0.6 is 0 Å². The zero-order chi connectivity index (χ0) is 21.6. The lowest BCUT2D eigenvalue weighted by Crippen LogP contribution is -2.53. The molecule has 3 atom stereocenters. The highest BCUT2D eigenvalue weighted by Crippen LogP contribution is 2.49. The number of nitrogens with two attached hydrogens (primary N) is 1.